The predicted molar refractivity (Wildman–Crippen MR) is 123 cm³/mol. The molecular formula is C22H17ClN4O3S. The number of aliphatic hydroxyl groups is 1. The average molecular weight is 453 g/mol. The normalized spacial score (nSPS) is 16.1. The zero-order valence-corrected chi connectivity index (χ0v) is 17.7. The molecule has 0 atom stereocenters. The SMILES string of the molecule is O=C(CO)NCc1ccc(Cl)c(N=C2NC(=O)C(=Cc3ccc4ncccc4c3)S2)c1. The van der Waals surface area contributed by atoms with Gasteiger partial charge >= 0.3 is 0 Å². The molecular weight excluding hydrogens is 436 g/mol. The summed E-state index contributed by atoms with van der Waals surface area (Å²) >= 11 is 7.47. The van der Waals surface area contributed by atoms with Crippen molar-refractivity contribution in [3.8, 4) is 0 Å². The van der Waals surface area contributed by atoms with Crippen LogP contribution < -0.4 is 10.6 Å². The zero-order valence-electron chi connectivity index (χ0n) is 16.1. The number of nitrogens with zero attached hydrogens (tertiary/aromatic N) is 2. The molecule has 1 aliphatic heterocycles. The van der Waals surface area contributed by atoms with Gasteiger partial charge in [-0.25, -0.2) is 4.99 Å². The van der Waals surface area contributed by atoms with Crippen LogP contribution in [0.3, 0.4) is 0 Å². The molecule has 9 heteroatoms. The summed E-state index contributed by atoms with van der Waals surface area (Å²) in [6.07, 6.45) is 3.54. The zero-order chi connectivity index (χ0) is 21.8. The number of halogens is 1. The molecule has 0 saturated carbocycles. The molecule has 1 fully saturated rings. The number of amides is 2. The molecule has 7 nitrogen and oxygen atoms in total. The van der Waals surface area contributed by atoms with E-state index in [2.05, 4.69) is 20.6 Å². The third-order valence-electron chi connectivity index (χ3n) is 4.44. The van der Waals surface area contributed by atoms with Gasteiger partial charge in [0, 0.05) is 18.1 Å². The molecule has 0 bridgehead atoms. The number of nitrogens with one attached hydrogen (secondary N) is 2. The van der Waals surface area contributed by atoms with E-state index in [1.54, 1.807) is 30.5 Å². The molecule has 1 saturated heterocycles. The maximum Gasteiger partial charge on any atom is 0.264 e. The number of amidine groups is 1. The van der Waals surface area contributed by atoms with Gasteiger partial charge in [-0.1, -0.05) is 29.8 Å². The Kier molecular flexibility index (Phi) is 6.31. The highest BCUT2D eigenvalue weighted by Crippen LogP contribution is 2.32. The van der Waals surface area contributed by atoms with Gasteiger partial charge in [-0.05, 0) is 59.3 Å². The second kappa shape index (κ2) is 9.30. The predicted octanol–water partition coefficient (Wildman–Crippen LogP) is 3.39. The first-order chi connectivity index (χ1) is 15.0. The number of benzene rings is 2. The minimum atomic E-state index is -0.575. The monoisotopic (exact) mass is 452 g/mol. The van der Waals surface area contributed by atoms with Crippen LogP contribution in [0.1, 0.15) is 11.1 Å². The molecule has 2 aromatic carbocycles. The second-order valence-electron chi connectivity index (χ2n) is 6.66. The van der Waals surface area contributed by atoms with E-state index in [-0.39, 0.29) is 12.5 Å². The molecule has 0 aliphatic carbocycles. The van der Waals surface area contributed by atoms with Crippen molar-refractivity contribution in [2.24, 2.45) is 4.99 Å². The topological polar surface area (TPSA) is 104 Å². The van der Waals surface area contributed by atoms with E-state index in [9.17, 15) is 9.59 Å². The molecule has 3 aromatic rings. The molecule has 0 unspecified atom stereocenters. The van der Waals surface area contributed by atoms with Crippen LogP contribution in [0.5, 0.6) is 0 Å². The van der Waals surface area contributed by atoms with E-state index in [4.69, 9.17) is 16.7 Å². The van der Waals surface area contributed by atoms with Crippen molar-refractivity contribution in [1.29, 1.82) is 0 Å². The van der Waals surface area contributed by atoms with Gasteiger partial charge in [0.15, 0.2) is 5.17 Å². The lowest BCUT2D eigenvalue weighted by molar-refractivity contribution is -0.124. The van der Waals surface area contributed by atoms with E-state index in [0.29, 0.717) is 20.8 Å². The number of aromatic nitrogens is 1. The maximum atomic E-state index is 12.4. The molecule has 1 aromatic heterocycles. The van der Waals surface area contributed by atoms with Gasteiger partial charge in [-0.15, -0.1) is 0 Å². The van der Waals surface area contributed by atoms with Crippen LogP contribution in [0.15, 0.2) is 64.6 Å². The lowest BCUT2D eigenvalue weighted by Gasteiger charge is -2.06. The van der Waals surface area contributed by atoms with E-state index < -0.39 is 12.5 Å². The molecule has 0 spiro atoms. The highest BCUT2D eigenvalue weighted by Gasteiger charge is 2.24. The lowest BCUT2D eigenvalue weighted by Crippen LogP contribution is -2.25. The number of thioether (sulfide) groups is 1. The quantitative estimate of drug-likeness (QED) is 0.515. The number of aliphatic imine (C=N–C) groups is 1. The van der Waals surface area contributed by atoms with Crippen molar-refractivity contribution in [3.63, 3.8) is 0 Å². The summed E-state index contributed by atoms with van der Waals surface area (Å²) in [4.78, 5) is 32.9. The van der Waals surface area contributed by atoms with E-state index in [1.165, 1.54) is 11.8 Å². The number of pyridine rings is 1. The summed E-state index contributed by atoms with van der Waals surface area (Å²) in [5, 5.41) is 15.9. The molecule has 2 amide bonds. The largest absolute Gasteiger partial charge is 0.387 e. The van der Waals surface area contributed by atoms with Gasteiger partial charge in [0.05, 0.1) is 21.1 Å². The lowest BCUT2D eigenvalue weighted by atomic mass is 10.1. The third-order valence-corrected chi connectivity index (χ3v) is 5.67. The van der Waals surface area contributed by atoms with E-state index >= 15 is 0 Å². The highest BCUT2D eigenvalue weighted by atomic mass is 35.5. The van der Waals surface area contributed by atoms with Crippen LogP contribution in [0, 0.1) is 0 Å². The molecule has 1 aliphatic rings. The Morgan fingerprint density at radius 2 is 2.13 bits per heavy atom. The van der Waals surface area contributed by atoms with Gasteiger partial charge in [-0.3, -0.25) is 14.6 Å². The Hall–Kier alpha value is -3.20. The van der Waals surface area contributed by atoms with Gasteiger partial charge in [-0.2, -0.15) is 0 Å². The fourth-order valence-corrected chi connectivity index (χ4v) is 3.93. The van der Waals surface area contributed by atoms with Crippen LogP contribution in [-0.2, 0) is 16.1 Å². The van der Waals surface area contributed by atoms with Gasteiger partial charge < -0.3 is 15.7 Å². The fourth-order valence-electron chi connectivity index (χ4n) is 2.94. The summed E-state index contributed by atoms with van der Waals surface area (Å²) in [7, 11) is 0. The molecule has 4 rings (SSSR count). The number of hydrogen-bond donors (Lipinski definition) is 3. The van der Waals surface area contributed by atoms with Crippen LogP contribution in [0.4, 0.5) is 5.69 Å². The van der Waals surface area contributed by atoms with Crippen molar-refractivity contribution in [2.75, 3.05) is 6.61 Å². The highest BCUT2D eigenvalue weighted by molar-refractivity contribution is 8.18. The van der Waals surface area contributed by atoms with Crippen molar-refractivity contribution in [1.82, 2.24) is 15.6 Å². The molecule has 156 valence electrons. The Balaban J connectivity index is 1.54. The minimum Gasteiger partial charge on any atom is -0.387 e. The molecule has 0 radical (unpaired) electrons. The first-order valence-corrected chi connectivity index (χ1v) is 10.5. The second-order valence-corrected chi connectivity index (χ2v) is 8.10. The minimum absolute atomic E-state index is 0.232. The van der Waals surface area contributed by atoms with Crippen molar-refractivity contribution in [3.05, 3.63) is 75.8 Å². The Bertz CT molecular complexity index is 1240. The smallest absolute Gasteiger partial charge is 0.264 e. The molecule has 3 N–H and O–H groups in total. The fraction of sp³-hybridized carbons (Fsp3) is 0.0909. The van der Waals surface area contributed by atoms with Crippen LogP contribution in [0.2, 0.25) is 5.02 Å². The first kappa shape index (κ1) is 21.0. The van der Waals surface area contributed by atoms with Gasteiger partial charge in [0.2, 0.25) is 5.91 Å². The number of carbonyl (C=O) groups excluding carboxylic acids is 2. The summed E-state index contributed by atoms with van der Waals surface area (Å²) in [6.45, 7) is -0.343. The number of rotatable bonds is 5. The first-order valence-electron chi connectivity index (χ1n) is 9.32. The average Bonchev–Trinajstić information content (AvgIpc) is 3.12. The summed E-state index contributed by atoms with van der Waals surface area (Å²) in [6, 6.07) is 14.8. The number of fused-ring (bicyclic) bond motifs is 1. The van der Waals surface area contributed by atoms with Crippen molar-refractivity contribution >= 4 is 63.0 Å². The summed E-state index contributed by atoms with van der Waals surface area (Å²) in [5.74, 6) is -0.710. The number of carbonyl (C=O) groups is 2. The molecule has 31 heavy (non-hydrogen) atoms. The van der Waals surface area contributed by atoms with Crippen LogP contribution in [-0.4, -0.2) is 33.7 Å². The van der Waals surface area contributed by atoms with Gasteiger partial charge in [0.25, 0.3) is 5.91 Å². The van der Waals surface area contributed by atoms with E-state index in [1.807, 2.05) is 30.3 Å². The van der Waals surface area contributed by atoms with E-state index in [0.717, 1.165) is 22.0 Å². The van der Waals surface area contributed by atoms with Gasteiger partial charge in [0.1, 0.15) is 6.61 Å². The summed E-state index contributed by atoms with van der Waals surface area (Å²) in [5.41, 5.74) is 3.01. The third kappa shape index (κ3) is 5.11. The standard InChI is InChI=1S/C22H17ClN4O3S/c23-16-5-3-14(11-25-20(29)12-28)9-18(16)26-22-27-21(30)19(31-22)10-13-4-6-17-15(8-13)2-1-7-24-17/h1-10,28H,11-12H2,(H,25,29)(H,26,27,30). The van der Waals surface area contributed by atoms with Crippen molar-refractivity contribution in [2.45, 2.75) is 6.54 Å². The van der Waals surface area contributed by atoms with Crippen LogP contribution >= 0.6 is 23.4 Å². The Morgan fingerprint density at radius 3 is 2.97 bits per heavy atom. The Labute approximate surface area is 187 Å². The maximum absolute atomic E-state index is 12.4. The number of aliphatic hydroxyl groups excluding tert-OH is 1. The Morgan fingerprint density at radius 1 is 1.26 bits per heavy atom. The summed E-state index contributed by atoms with van der Waals surface area (Å²) < 4.78 is 0. The van der Waals surface area contributed by atoms with Crippen LogP contribution in [0.25, 0.3) is 17.0 Å². The molecule has 2 heterocycles. The van der Waals surface area contributed by atoms with Crippen molar-refractivity contribution < 1.29 is 14.7 Å². The number of hydrogen-bond acceptors (Lipinski definition) is 6.